The van der Waals surface area contributed by atoms with Gasteiger partial charge in [-0.2, -0.15) is 0 Å². The van der Waals surface area contributed by atoms with E-state index in [4.69, 9.17) is 142 Å². The molecule has 33 heteroatoms. The fourth-order valence-corrected chi connectivity index (χ4v) is 8.45. The summed E-state index contributed by atoms with van der Waals surface area (Å²) in [6.07, 6.45) is -0.525. The average molecular weight is 1530 g/mol. The van der Waals surface area contributed by atoms with Crippen LogP contribution in [0.2, 0.25) is 0 Å². The van der Waals surface area contributed by atoms with Gasteiger partial charge in [-0.15, -0.1) is 0 Å². The van der Waals surface area contributed by atoms with Gasteiger partial charge in [0.05, 0.1) is 344 Å². The number of alkyl carbamates (subject to hydrolysis) is 1. The summed E-state index contributed by atoms with van der Waals surface area (Å²) in [5.41, 5.74) is 1.56. The zero-order valence-electron chi connectivity index (χ0n) is 64.5. The van der Waals surface area contributed by atoms with E-state index in [1.165, 1.54) is 7.11 Å². The van der Waals surface area contributed by atoms with Crippen LogP contribution >= 0.6 is 0 Å². The maximum absolute atomic E-state index is 12.5. The molecule has 0 saturated heterocycles. The van der Waals surface area contributed by atoms with Crippen LogP contribution in [0.1, 0.15) is 26.3 Å². The van der Waals surface area contributed by atoms with Crippen LogP contribution < -0.4 is 19.5 Å². The lowest BCUT2D eigenvalue weighted by atomic mass is 9.99. The smallest absolute Gasteiger partial charge is 0.408 e. The normalized spacial score (nSPS) is 12.0. The van der Waals surface area contributed by atoms with Crippen LogP contribution in [0, 0.1) is 0 Å². The highest BCUT2D eigenvalue weighted by molar-refractivity contribution is 5.82. The lowest BCUT2D eigenvalue weighted by molar-refractivity contribution is -0.143. The third kappa shape index (κ3) is 62.4. The molecule has 1 N–H and O–H groups in total. The van der Waals surface area contributed by atoms with Crippen molar-refractivity contribution < 1.29 is 152 Å². The Hall–Kier alpha value is -4.42. The predicted molar refractivity (Wildman–Crippen MR) is 386 cm³/mol. The molecule has 106 heavy (non-hydrogen) atoms. The number of esters is 1. The Morgan fingerprint density at radius 2 is 0.547 bits per heavy atom. The van der Waals surface area contributed by atoms with Crippen molar-refractivity contribution >= 4 is 12.1 Å². The number of carbonyl (C=O) groups excluding carboxylic acids is 2. The quantitative estimate of drug-likeness (QED) is 0.0546. The van der Waals surface area contributed by atoms with Crippen molar-refractivity contribution in [1.29, 1.82) is 0 Å². The molecule has 0 unspecified atom stereocenters. The van der Waals surface area contributed by atoms with E-state index in [2.05, 4.69) is 5.32 Å². The summed E-state index contributed by atoms with van der Waals surface area (Å²) in [5, 5.41) is 2.60. The number of carbonyl (C=O) groups is 2. The zero-order valence-corrected chi connectivity index (χ0v) is 64.5. The van der Waals surface area contributed by atoms with Gasteiger partial charge in [0.2, 0.25) is 0 Å². The number of nitrogens with one attached hydrogen (secondary N) is 1. The minimum absolute atomic E-state index is 0.0203. The second kappa shape index (κ2) is 74.7. The van der Waals surface area contributed by atoms with E-state index in [1.807, 2.05) is 24.3 Å². The molecule has 0 saturated carbocycles. The molecular weight excluding hydrogens is 1400 g/mol. The van der Waals surface area contributed by atoms with Crippen LogP contribution in [0.4, 0.5) is 4.79 Å². The zero-order chi connectivity index (χ0) is 76.2. The number of rotatable bonds is 82. The number of hydrogen-bond donors (Lipinski definition) is 1. The third-order valence-electron chi connectivity index (χ3n) is 13.6. The summed E-state index contributed by atoms with van der Waals surface area (Å²) in [6, 6.07) is 9.99. The van der Waals surface area contributed by atoms with Gasteiger partial charge >= 0.3 is 12.1 Å². The topological polar surface area (TPSA) is 323 Å². The Bertz CT molecular complexity index is 2200. The first-order valence-corrected chi connectivity index (χ1v) is 36.5. The molecule has 0 bridgehead atoms. The lowest BCUT2D eigenvalue weighted by Gasteiger charge is -2.22. The van der Waals surface area contributed by atoms with E-state index in [0.29, 0.717) is 340 Å². The summed E-state index contributed by atoms with van der Waals surface area (Å²) >= 11 is 0. The Kier molecular flexibility index (Phi) is 68.8. The van der Waals surface area contributed by atoms with Crippen molar-refractivity contribution in [2.45, 2.75) is 38.8 Å². The fourth-order valence-electron chi connectivity index (χ4n) is 8.45. The molecule has 2 rings (SSSR count). The van der Waals surface area contributed by atoms with Gasteiger partial charge in [0.25, 0.3) is 0 Å². The second-order valence-corrected chi connectivity index (χ2v) is 23.1. The molecule has 0 fully saturated rings. The van der Waals surface area contributed by atoms with Gasteiger partial charge in [0.1, 0.15) is 28.9 Å². The van der Waals surface area contributed by atoms with E-state index >= 15 is 0 Å². The first-order valence-electron chi connectivity index (χ1n) is 36.5. The molecule has 33 nitrogen and oxygen atoms in total. The number of hydrogen-bond acceptors (Lipinski definition) is 32. The molecule has 0 radical (unpaired) electrons. The molecule has 618 valence electrons. The molecule has 0 aliphatic carbocycles. The summed E-state index contributed by atoms with van der Waals surface area (Å²) in [6.45, 7) is 28.0. The van der Waals surface area contributed by atoms with E-state index in [-0.39, 0.29) is 13.2 Å². The van der Waals surface area contributed by atoms with Crippen molar-refractivity contribution in [3.8, 4) is 28.4 Å². The van der Waals surface area contributed by atoms with Crippen LogP contribution in [0.3, 0.4) is 0 Å². The van der Waals surface area contributed by atoms with Gasteiger partial charge < -0.3 is 147 Å². The molecule has 0 aliphatic rings. The van der Waals surface area contributed by atoms with E-state index in [1.54, 1.807) is 54.2 Å². The number of ether oxygens (including phenoxy) is 30. The van der Waals surface area contributed by atoms with E-state index < -0.39 is 23.7 Å². The summed E-state index contributed by atoms with van der Waals surface area (Å²) in [7, 11) is 6.02. The lowest BCUT2D eigenvalue weighted by Crippen LogP contribution is -2.45. The fraction of sp³-hybridized carbons (Fsp3) is 0.808. The minimum Gasteiger partial charge on any atom is -0.496 e. The van der Waals surface area contributed by atoms with Crippen LogP contribution in [-0.2, 0) is 139 Å². The SMILES string of the molecule is COCCOCCOCCOCCOCCOCCOCCOCCOCCOCCOCCOCCOCCOCCOCCOCCOCCOCCOCCOCCOCCOCCOCCOCCOCOc1cc(OC)c(-c2ccc(C[C@H](NC(=O)OC(C)(C)C)C(=O)OC)cc2)c(OC)c1. The molecule has 0 spiro atoms. The monoisotopic (exact) mass is 1530 g/mol. The summed E-state index contributed by atoms with van der Waals surface area (Å²) in [5.74, 6) is 0.931. The molecule has 1 atom stereocenters. The first kappa shape index (κ1) is 97.7. The van der Waals surface area contributed by atoms with E-state index in [9.17, 15) is 9.59 Å². The molecule has 0 aromatic heterocycles. The van der Waals surface area contributed by atoms with Crippen LogP contribution in [0.15, 0.2) is 36.4 Å². The van der Waals surface area contributed by atoms with Crippen molar-refractivity contribution in [1.82, 2.24) is 5.32 Å². The Morgan fingerprint density at radius 3 is 0.755 bits per heavy atom. The maximum Gasteiger partial charge on any atom is 0.408 e. The van der Waals surface area contributed by atoms with Gasteiger partial charge in [-0.25, -0.2) is 9.59 Å². The first-order chi connectivity index (χ1) is 52.1. The van der Waals surface area contributed by atoms with Crippen LogP contribution in [0.25, 0.3) is 11.1 Å². The molecule has 0 aliphatic heterocycles. The minimum atomic E-state index is -0.941. The molecule has 2 aromatic rings. The second-order valence-electron chi connectivity index (χ2n) is 23.1. The largest absolute Gasteiger partial charge is 0.496 e. The molecule has 2 aromatic carbocycles. The summed E-state index contributed by atoms with van der Waals surface area (Å²) in [4.78, 5) is 24.9. The highest BCUT2D eigenvalue weighted by Gasteiger charge is 2.26. The number of benzene rings is 2. The number of methoxy groups -OCH3 is 4. The predicted octanol–water partition coefficient (Wildman–Crippen LogP) is 4.36. The van der Waals surface area contributed by atoms with Crippen molar-refractivity contribution in [3.63, 3.8) is 0 Å². The van der Waals surface area contributed by atoms with E-state index in [0.717, 1.165) is 11.1 Å². The number of amides is 1. The molecular formula is C73H129NO32. The van der Waals surface area contributed by atoms with Gasteiger partial charge in [-0.1, -0.05) is 24.3 Å². The van der Waals surface area contributed by atoms with Crippen molar-refractivity contribution in [3.05, 3.63) is 42.0 Å². The third-order valence-corrected chi connectivity index (χ3v) is 13.6. The Morgan fingerprint density at radius 1 is 0.321 bits per heavy atom. The van der Waals surface area contributed by atoms with Gasteiger partial charge in [-0.05, 0) is 31.9 Å². The molecule has 1 amide bonds. The Balaban J connectivity index is 1.20. The Labute approximate surface area is 628 Å². The average Bonchev–Trinajstić information content (AvgIpc) is 0.800. The van der Waals surface area contributed by atoms with Crippen LogP contribution in [-0.4, -0.2) is 376 Å². The van der Waals surface area contributed by atoms with Crippen LogP contribution in [0.5, 0.6) is 17.2 Å². The van der Waals surface area contributed by atoms with Gasteiger partial charge in [0.15, 0.2) is 6.79 Å². The highest BCUT2D eigenvalue weighted by Crippen LogP contribution is 2.42. The molecule has 0 heterocycles. The standard InChI is InChI=1S/C73H129NO32/c1-73(2,3)106-72(76)74-67(71(75)80-7)60-64-8-10-65(11-9-64)70-68(78-5)61-66(62-69(70)79-6)105-63-104-59-58-103-57-56-102-55-54-101-53-52-100-51-50-99-49-48-98-47-46-97-45-44-96-43-42-95-41-40-94-39-38-93-37-36-92-35-34-91-33-32-90-31-30-89-29-28-88-27-26-87-25-24-86-23-22-85-21-20-84-19-18-83-17-16-82-15-14-81-13-12-77-4/h8-11,61-62,67H,12-60,63H2,1-7H3,(H,74,76)/t67-/m0/s1. The van der Waals surface area contributed by atoms with Gasteiger partial charge in [0, 0.05) is 25.7 Å². The van der Waals surface area contributed by atoms with Gasteiger partial charge in [-0.3, -0.25) is 0 Å². The highest BCUT2D eigenvalue weighted by atomic mass is 16.7. The summed E-state index contributed by atoms with van der Waals surface area (Å²) < 4.78 is 165. The van der Waals surface area contributed by atoms with Crippen molar-refractivity contribution in [2.75, 3.05) is 352 Å². The maximum atomic E-state index is 12.5. The van der Waals surface area contributed by atoms with Crippen molar-refractivity contribution in [2.24, 2.45) is 0 Å².